The van der Waals surface area contributed by atoms with Crippen LogP contribution in [0.3, 0.4) is 0 Å². The summed E-state index contributed by atoms with van der Waals surface area (Å²) in [5, 5.41) is 0. The fourth-order valence-electron chi connectivity index (χ4n) is 2.92. The maximum absolute atomic E-state index is 12.2. The normalized spacial score (nSPS) is 18.5. The van der Waals surface area contributed by atoms with Gasteiger partial charge in [0.1, 0.15) is 5.82 Å². The van der Waals surface area contributed by atoms with Crippen LogP contribution in [-0.4, -0.2) is 26.4 Å². The summed E-state index contributed by atoms with van der Waals surface area (Å²) in [4.78, 5) is 26.5. The van der Waals surface area contributed by atoms with Crippen LogP contribution in [0.15, 0.2) is 29.2 Å². The van der Waals surface area contributed by atoms with Gasteiger partial charge in [0.25, 0.3) is 5.56 Å². The number of nitrogens with one attached hydrogen (secondary N) is 1. The van der Waals surface area contributed by atoms with E-state index in [1.807, 2.05) is 24.4 Å². The highest BCUT2D eigenvalue weighted by Gasteiger charge is 2.29. The van der Waals surface area contributed by atoms with E-state index in [4.69, 9.17) is 4.98 Å². The first kappa shape index (κ1) is 12.7. The topological polar surface area (TPSA) is 61.9 Å². The van der Waals surface area contributed by atoms with E-state index in [0.29, 0.717) is 5.92 Å². The van der Waals surface area contributed by atoms with Crippen LogP contribution < -0.4 is 5.56 Å². The predicted molar refractivity (Wildman–Crippen MR) is 78.9 cm³/mol. The molecule has 0 unspecified atom stereocenters. The average molecular weight is 282 g/mol. The summed E-state index contributed by atoms with van der Waals surface area (Å²) in [6.07, 6.45) is 4.90. The Hall–Kier alpha value is -2.01. The van der Waals surface area contributed by atoms with Gasteiger partial charge in [-0.3, -0.25) is 14.7 Å². The fourth-order valence-corrected chi connectivity index (χ4v) is 2.92. The van der Waals surface area contributed by atoms with Gasteiger partial charge in [-0.05, 0) is 31.4 Å². The number of hydrogen-bond donors (Lipinski definition) is 1. The molecule has 2 aromatic rings. The first-order valence-corrected chi connectivity index (χ1v) is 7.54. The van der Waals surface area contributed by atoms with Crippen molar-refractivity contribution < 1.29 is 0 Å². The van der Waals surface area contributed by atoms with Crippen LogP contribution in [0.2, 0.25) is 0 Å². The highest BCUT2D eigenvalue weighted by Crippen LogP contribution is 2.37. The molecule has 2 aromatic heterocycles. The van der Waals surface area contributed by atoms with Crippen LogP contribution in [0.25, 0.3) is 0 Å². The van der Waals surface area contributed by atoms with E-state index in [-0.39, 0.29) is 5.56 Å². The van der Waals surface area contributed by atoms with E-state index in [9.17, 15) is 4.79 Å². The van der Waals surface area contributed by atoms with Gasteiger partial charge in [-0.25, -0.2) is 4.98 Å². The van der Waals surface area contributed by atoms with Crippen molar-refractivity contribution >= 4 is 0 Å². The van der Waals surface area contributed by atoms with Crippen molar-refractivity contribution in [2.24, 2.45) is 0 Å². The second kappa shape index (κ2) is 5.07. The largest absolute Gasteiger partial charge is 0.310 e. The van der Waals surface area contributed by atoms with E-state index in [0.717, 1.165) is 61.7 Å². The van der Waals surface area contributed by atoms with Gasteiger partial charge in [-0.15, -0.1) is 0 Å². The average Bonchev–Trinajstić information content (AvgIpc) is 3.32. The quantitative estimate of drug-likeness (QED) is 0.929. The third-order valence-corrected chi connectivity index (χ3v) is 4.25. The molecule has 0 aromatic carbocycles. The van der Waals surface area contributed by atoms with Gasteiger partial charge in [0.2, 0.25) is 0 Å². The second-order valence-electron chi connectivity index (χ2n) is 5.93. The fraction of sp³-hybridized carbons (Fsp3) is 0.438. The zero-order valence-corrected chi connectivity index (χ0v) is 11.9. The maximum atomic E-state index is 12.2. The number of rotatable bonds is 3. The van der Waals surface area contributed by atoms with Crippen molar-refractivity contribution in [2.45, 2.75) is 38.3 Å². The molecule has 1 N–H and O–H groups in total. The van der Waals surface area contributed by atoms with Crippen molar-refractivity contribution in [1.82, 2.24) is 19.9 Å². The molecule has 0 bridgehead atoms. The lowest BCUT2D eigenvalue weighted by molar-refractivity contribution is 0.237. The number of nitrogens with zero attached hydrogens (tertiary/aromatic N) is 3. The van der Waals surface area contributed by atoms with Gasteiger partial charge in [-0.2, -0.15) is 0 Å². The highest BCUT2D eigenvalue weighted by atomic mass is 16.1. The number of aromatic amines is 1. The van der Waals surface area contributed by atoms with Crippen molar-refractivity contribution in [3.8, 4) is 0 Å². The molecule has 0 atom stereocenters. The Morgan fingerprint density at radius 3 is 3.00 bits per heavy atom. The molecule has 0 spiro atoms. The third-order valence-electron chi connectivity index (χ3n) is 4.25. The summed E-state index contributed by atoms with van der Waals surface area (Å²) in [7, 11) is 0. The Kier molecular flexibility index (Phi) is 3.07. The van der Waals surface area contributed by atoms with Gasteiger partial charge < -0.3 is 4.98 Å². The molecule has 1 aliphatic carbocycles. The molecular weight excluding hydrogens is 264 g/mol. The summed E-state index contributed by atoms with van der Waals surface area (Å²) < 4.78 is 0. The number of fused-ring (bicyclic) bond motifs is 1. The Morgan fingerprint density at radius 2 is 2.24 bits per heavy atom. The van der Waals surface area contributed by atoms with E-state index in [1.54, 1.807) is 0 Å². The molecule has 0 amide bonds. The Labute approximate surface area is 123 Å². The lowest BCUT2D eigenvalue weighted by Gasteiger charge is -2.27. The molecule has 4 rings (SSSR count). The predicted octanol–water partition coefficient (Wildman–Crippen LogP) is 1.60. The van der Waals surface area contributed by atoms with Crippen LogP contribution in [0, 0.1) is 0 Å². The molecule has 108 valence electrons. The molecule has 0 radical (unpaired) electrons. The van der Waals surface area contributed by atoms with Gasteiger partial charge in [0, 0.05) is 37.3 Å². The lowest BCUT2D eigenvalue weighted by Crippen LogP contribution is -2.35. The number of H-pyrrole nitrogens is 1. The first-order valence-electron chi connectivity index (χ1n) is 7.54. The van der Waals surface area contributed by atoms with Crippen molar-refractivity contribution in [2.75, 3.05) is 6.54 Å². The zero-order chi connectivity index (χ0) is 14.2. The smallest absolute Gasteiger partial charge is 0.254 e. The summed E-state index contributed by atoms with van der Waals surface area (Å²) in [5.74, 6) is 1.37. The molecule has 2 aliphatic rings. The van der Waals surface area contributed by atoms with Crippen LogP contribution >= 0.6 is 0 Å². The molecule has 1 fully saturated rings. The number of hydrogen-bond acceptors (Lipinski definition) is 4. The van der Waals surface area contributed by atoms with Crippen LogP contribution in [0.5, 0.6) is 0 Å². The van der Waals surface area contributed by atoms with Gasteiger partial charge >= 0.3 is 0 Å². The highest BCUT2D eigenvalue weighted by molar-refractivity contribution is 5.23. The van der Waals surface area contributed by atoms with Crippen LogP contribution in [0.1, 0.15) is 41.5 Å². The van der Waals surface area contributed by atoms with Crippen molar-refractivity contribution in [3.63, 3.8) is 0 Å². The van der Waals surface area contributed by atoms with Crippen molar-refractivity contribution in [1.29, 1.82) is 0 Å². The summed E-state index contributed by atoms with van der Waals surface area (Å²) in [5.41, 5.74) is 2.96. The molecule has 1 saturated carbocycles. The lowest BCUT2D eigenvalue weighted by atomic mass is 10.1. The third kappa shape index (κ3) is 2.61. The molecule has 5 nitrogen and oxygen atoms in total. The number of aromatic nitrogens is 3. The molecule has 21 heavy (non-hydrogen) atoms. The molecule has 1 aliphatic heterocycles. The Balaban J connectivity index is 1.57. The standard InChI is InChI=1S/C16H18N4O/c21-16-13-6-8-20(9-12-3-1-2-7-17-12)10-14(13)18-15(19-16)11-4-5-11/h1-3,7,11H,4-6,8-10H2,(H,18,19,21). The van der Waals surface area contributed by atoms with E-state index >= 15 is 0 Å². The summed E-state index contributed by atoms with van der Waals surface area (Å²) in [6, 6.07) is 5.97. The Morgan fingerprint density at radius 1 is 1.33 bits per heavy atom. The first-order chi connectivity index (χ1) is 10.3. The second-order valence-corrected chi connectivity index (χ2v) is 5.93. The van der Waals surface area contributed by atoms with E-state index < -0.39 is 0 Å². The van der Waals surface area contributed by atoms with Crippen LogP contribution in [0.4, 0.5) is 0 Å². The minimum atomic E-state index is 0.0689. The Bertz CT molecular complexity index is 706. The van der Waals surface area contributed by atoms with E-state index in [1.165, 1.54) is 0 Å². The van der Waals surface area contributed by atoms with Crippen LogP contribution in [-0.2, 0) is 19.5 Å². The summed E-state index contributed by atoms with van der Waals surface area (Å²) in [6.45, 7) is 2.44. The van der Waals surface area contributed by atoms with Gasteiger partial charge in [0.15, 0.2) is 0 Å². The minimum absolute atomic E-state index is 0.0689. The van der Waals surface area contributed by atoms with E-state index in [2.05, 4.69) is 14.9 Å². The molecule has 3 heterocycles. The molecule has 0 saturated heterocycles. The number of pyridine rings is 1. The van der Waals surface area contributed by atoms with Gasteiger partial charge in [0.05, 0.1) is 11.4 Å². The maximum Gasteiger partial charge on any atom is 0.254 e. The molecular formula is C16H18N4O. The SMILES string of the molecule is O=c1[nH]c(C2CC2)nc2c1CCN(Cc1ccccn1)C2. The summed E-state index contributed by atoms with van der Waals surface area (Å²) >= 11 is 0. The minimum Gasteiger partial charge on any atom is -0.310 e. The van der Waals surface area contributed by atoms with Crippen molar-refractivity contribution in [3.05, 3.63) is 57.5 Å². The van der Waals surface area contributed by atoms with Gasteiger partial charge in [-0.1, -0.05) is 6.07 Å². The zero-order valence-electron chi connectivity index (χ0n) is 11.9. The monoisotopic (exact) mass is 282 g/mol. The molecule has 5 heteroatoms.